The molecule has 0 bridgehead atoms. The fraction of sp³-hybridized carbons (Fsp3) is 0.200. The van der Waals surface area contributed by atoms with Crippen LogP contribution in [0.2, 0.25) is 0 Å². The molecule has 0 saturated carbocycles. The molecule has 0 amide bonds. The normalized spacial score (nSPS) is 12.4. The van der Waals surface area contributed by atoms with Crippen molar-refractivity contribution in [2.45, 2.75) is 6.42 Å². The average Bonchev–Trinajstić information content (AvgIpc) is 2.87. The van der Waals surface area contributed by atoms with Crippen molar-refractivity contribution < 1.29 is 9.47 Å². The first-order valence-electron chi connectivity index (χ1n) is 6.09. The van der Waals surface area contributed by atoms with Gasteiger partial charge in [-0.2, -0.15) is 0 Å². The van der Waals surface area contributed by atoms with Crippen molar-refractivity contribution in [2.24, 2.45) is 0 Å². The van der Waals surface area contributed by atoms with Crippen LogP contribution in [0.1, 0.15) is 5.56 Å². The highest BCUT2D eigenvalue weighted by molar-refractivity contribution is 5.55. The van der Waals surface area contributed by atoms with Crippen LogP contribution in [0.25, 0.3) is 0 Å². The number of anilines is 1. The number of hydrogen-bond donors (Lipinski definition) is 1. The molecule has 3 heteroatoms. The molecule has 1 aliphatic heterocycles. The average molecular weight is 241 g/mol. The number of nitrogens with one attached hydrogen (secondary N) is 1. The molecule has 1 heterocycles. The number of rotatable bonds is 4. The monoisotopic (exact) mass is 241 g/mol. The van der Waals surface area contributed by atoms with Crippen molar-refractivity contribution in [1.29, 1.82) is 0 Å². The van der Waals surface area contributed by atoms with Crippen LogP contribution in [0.15, 0.2) is 48.5 Å². The summed E-state index contributed by atoms with van der Waals surface area (Å²) in [4.78, 5) is 0. The van der Waals surface area contributed by atoms with Gasteiger partial charge in [0.05, 0.1) is 0 Å². The highest BCUT2D eigenvalue weighted by atomic mass is 16.7. The van der Waals surface area contributed by atoms with Gasteiger partial charge in [-0.3, -0.25) is 0 Å². The first kappa shape index (κ1) is 11.0. The standard InChI is InChI=1S/C15H15NO2/c1-2-4-12(5-3-1)8-9-16-13-6-7-14-15(10-13)18-11-17-14/h1-7,10,16H,8-9,11H2. The Hall–Kier alpha value is -2.16. The maximum atomic E-state index is 5.34. The van der Waals surface area contributed by atoms with E-state index in [1.165, 1.54) is 5.56 Å². The molecule has 0 saturated heterocycles. The first-order chi connectivity index (χ1) is 8.92. The molecule has 3 rings (SSSR count). The van der Waals surface area contributed by atoms with E-state index in [1.807, 2.05) is 24.3 Å². The molecule has 3 nitrogen and oxygen atoms in total. The zero-order valence-corrected chi connectivity index (χ0v) is 10.1. The number of benzene rings is 2. The van der Waals surface area contributed by atoms with Gasteiger partial charge >= 0.3 is 0 Å². The van der Waals surface area contributed by atoms with E-state index in [4.69, 9.17) is 9.47 Å². The largest absolute Gasteiger partial charge is 0.454 e. The Labute approximate surface area is 106 Å². The summed E-state index contributed by atoms with van der Waals surface area (Å²) in [6.07, 6.45) is 1.01. The summed E-state index contributed by atoms with van der Waals surface area (Å²) in [7, 11) is 0. The second-order valence-electron chi connectivity index (χ2n) is 4.23. The third kappa shape index (κ3) is 2.40. The van der Waals surface area contributed by atoms with Crippen molar-refractivity contribution in [3.8, 4) is 11.5 Å². The van der Waals surface area contributed by atoms with Gasteiger partial charge < -0.3 is 14.8 Å². The summed E-state index contributed by atoms with van der Waals surface area (Å²) in [5.74, 6) is 1.64. The number of ether oxygens (including phenoxy) is 2. The molecule has 2 aromatic carbocycles. The Morgan fingerprint density at radius 2 is 1.78 bits per heavy atom. The van der Waals surface area contributed by atoms with E-state index >= 15 is 0 Å². The van der Waals surface area contributed by atoms with Gasteiger partial charge in [-0.1, -0.05) is 30.3 Å². The molecule has 1 N–H and O–H groups in total. The van der Waals surface area contributed by atoms with Crippen LogP contribution in [0.5, 0.6) is 11.5 Å². The van der Waals surface area contributed by atoms with E-state index in [2.05, 4.69) is 29.6 Å². The van der Waals surface area contributed by atoms with E-state index in [1.54, 1.807) is 0 Å². The van der Waals surface area contributed by atoms with Crippen LogP contribution in [-0.2, 0) is 6.42 Å². The lowest BCUT2D eigenvalue weighted by Crippen LogP contribution is -2.04. The zero-order chi connectivity index (χ0) is 12.2. The van der Waals surface area contributed by atoms with Gasteiger partial charge in [0.15, 0.2) is 11.5 Å². The van der Waals surface area contributed by atoms with Crippen LogP contribution in [0.3, 0.4) is 0 Å². The Balaban J connectivity index is 1.57. The number of hydrogen-bond acceptors (Lipinski definition) is 3. The fourth-order valence-electron chi connectivity index (χ4n) is 2.00. The van der Waals surface area contributed by atoms with Gasteiger partial charge in [-0.25, -0.2) is 0 Å². The highest BCUT2D eigenvalue weighted by Crippen LogP contribution is 2.34. The predicted octanol–water partition coefficient (Wildman–Crippen LogP) is 3.07. The third-order valence-corrected chi connectivity index (χ3v) is 2.96. The maximum Gasteiger partial charge on any atom is 0.231 e. The van der Waals surface area contributed by atoms with Crippen LogP contribution in [-0.4, -0.2) is 13.3 Å². The van der Waals surface area contributed by atoms with Gasteiger partial charge in [-0.15, -0.1) is 0 Å². The molecule has 0 aromatic heterocycles. The van der Waals surface area contributed by atoms with E-state index in [0.717, 1.165) is 30.2 Å². The van der Waals surface area contributed by atoms with Gasteiger partial charge in [0, 0.05) is 18.3 Å². The van der Waals surface area contributed by atoms with Crippen molar-refractivity contribution >= 4 is 5.69 Å². The third-order valence-electron chi connectivity index (χ3n) is 2.96. The second kappa shape index (κ2) is 5.00. The first-order valence-corrected chi connectivity index (χ1v) is 6.09. The molecule has 0 atom stereocenters. The lowest BCUT2D eigenvalue weighted by molar-refractivity contribution is 0.174. The minimum Gasteiger partial charge on any atom is -0.454 e. The maximum absolute atomic E-state index is 5.34. The zero-order valence-electron chi connectivity index (χ0n) is 10.1. The van der Waals surface area contributed by atoms with Crippen LogP contribution >= 0.6 is 0 Å². The summed E-state index contributed by atoms with van der Waals surface area (Å²) >= 11 is 0. The molecular weight excluding hydrogens is 226 g/mol. The molecule has 0 fully saturated rings. The quantitative estimate of drug-likeness (QED) is 0.892. The Morgan fingerprint density at radius 3 is 2.67 bits per heavy atom. The van der Waals surface area contributed by atoms with Gasteiger partial charge in [0.1, 0.15) is 0 Å². The summed E-state index contributed by atoms with van der Waals surface area (Å²) in [6, 6.07) is 16.4. The minimum absolute atomic E-state index is 0.322. The lowest BCUT2D eigenvalue weighted by Gasteiger charge is -2.07. The smallest absolute Gasteiger partial charge is 0.231 e. The summed E-state index contributed by atoms with van der Waals surface area (Å²) in [5.41, 5.74) is 2.40. The Bertz CT molecular complexity index is 525. The van der Waals surface area contributed by atoms with Crippen molar-refractivity contribution in [2.75, 3.05) is 18.7 Å². The van der Waals surface area contributed by atoms with E-state index in [9.17, 15) is 0 Å². The minimum atomic E-state index is 0.322. The fourth-order valence-corrected chi connectivity index (χ4v) is 2.00. The van der Waals surface area contributed by atoms with Crippen molar-refractivity contribution in [3.05, 3.63) is 54.1 Å². The summed E-state index contributed by atoms with van der Waals surface area (Å²) in [5, 5.41) is 3.39. The van der Waals surface area contributed by atoms with E-state index in [0.29, 0.717) is 6.79 Å². The van der Waals surface area contributed by atoms with Crippen molar-refractivity contribution in [1.82, 2.24) is 0 Å². The molecule has 0 radical (unpaired) electrons. The molecule has 1 aliphatic rings. The molecule has 0 aliphatic carbocycles. The highest BCUT2D eigenvalue weighted by Gasteiger charge is 2.12. The molecule has 2 aromatic rings. The van der Waals surface area contributed by atoms with Gasteiger partial charge in [0.2, 0.25) is 6.79 Å². The molecule has 0 spiro atoms. The Kier molecular flexibility index (Phi) is 3.05. The topological polar surface area (TPSA) is 30.5 Å². The summed E-state index contributed by atoms with van der Waals surface area (Å²) < 4.78 is 10.6. The van der Waals surface area contributed by atoms with Gasteiger partial charge in [-0.05, 0) is 24.1 Å². The van der Waals surface area contributed by atoms with Crippen LogP contribution in [0.4, 0.5) is 5.69 Å². The summed E-state index contributed by atoms with van der Waals surface area (Å²) in [6.45, 7) is 1.23. The van der Waals surface area contributed by atoms with Gasteiger partial charge in [0.25, 0.3) is 0 Å². The SMILES string of the molecule is c1ccc(CCNc2ccc3c(c2)OCO3)cc1. The van der Waals surface area contributed by atoms with E-state index in [-0.39, 0.29) is 0 Å². The van der Waals surface area contributed by atoms with E-state index < -0.39 is 0 Å². The van der Waals surface area contributed by atoms with Crippen molar-refractivity contribution in [3.63, 3.8) is 0 Å². The molecule has 0 unspecified atom stereocenters. The molecule has 92 valence electrons. The Morgan fingerprint density at radius 1 is 0.944 bits per heavy atom. The second-order valence-corrected chi connectivity index (χ2v) is 4.23. The van der Waals surface area contributed by atoms with Crippen LogP contribution < -0.4 is 14.8 Å². The molecule has 18 heavy (non-hydrogen) atoms. The number of fused-ring (bicyclic) bond motifs is 1. The lowest BCUT2D eigenvalue weighted by atomic mass is 10.1. The molecular formula is C15H15NO2. The predicted molar refractivity (Wildman–Crippen MR) is 71.2 cm³/mol. The van der Waals surface area contributed by atoms with Crippen LogP contribution in [0, 0.1) is 0 Å².